The van der Waals surface area contributed by atoms with Crippen LogP contribution >= 0.6 is 0 Å². The molecular formula is C10H13CuN3O7. The van der Waals surface area contributed by atoms with E-state index in [1.165, 1.54) is 20.2 Å². The van der Waals surface area contributed by atoms with E-state index in [-0.39, 0.29) is 40.0 Å². The average molecular weight is 351 g/mol. The third-order valence-corrected chi connectivity index (χ3v) is 1.65. The van der Waals surface area contributed by atoms with Crippen molar-refractivity contribution in [2.45, 2.75) is 6.92 Å². The number of carbonyl (C=O) groups excluding carboxylic acids is 1. The summed E-state index contributed by atoms with van der Waals surface area (Å²) >= 11 is 0. The number of carbonyl (C=O) groups is 1. The first kappa shape index (κ1) is 23.7. The molecule has 0 bridgehead atoms. The molecule has 21 heavy (non-hydrogen) atoms. The second kappa shape index (κ2) is 12.7. The van der Waals surface area contributed by atoms with Gasteiger partial charge in [-0.15, -0.1) is 0 Å². The van der Waals surface area contributed by atoms with E-state index in [0.717, 1.165) is 0 Å². The fourth-order valence-corrected chi connectivity index (χ4v) is 0.988. The maximum absolute atomic E-state index is 11.5. The Hall–Kier alpha value is -2.36. The van der Waals surface area contributed by atoms with E-state index in [1.54, 1.807) is 18.2 Å². The second-order valence-corrected chi connectivity index (χ2v) is 3.03. The molecule has 0 heterocycles. The maximum Gasteiger partial charge on any atom is 2.00 e. The molecule has 0 aromatic heterocycles. The molecule has 1 aromatic rings. The molecule has 0 fully saturated rings. The van der Waals surface area contributed by atoms with Gasteiger partial charge in [-0.3, -0.25) is 4.79 Å². The van der Waals surface area contributed by atoms with Crippen LogP contribution in [0.1, 0.15) is 12.5 Å². The minimum atomic E-state index is -1.75. The Balaban J connectivity index is -0.000000482. The van der Waals surface area contributed by atoms with E-state index in [1.807, 2.05) is 0 Å². The van der Waals surface area contributed by atoms with Gasteiger partial charge in [0.25, 0.3) is 0 Å². The minimum Gasteiger partial charge on any atom is -0.870 e. The number of rotatable bonds is 3. The van der Waals surface area contributed by atoms with Crippen LogP contribution in [0, 0.1) is 15.3 Å². The van der Waals surface area contributed by atoms with E-state index in [0.29, 0.717) is 5.56 Å². The van der Waals surface area contributed by atoms with Crippen LogP contribution in [0.25, 0.3) is 0 Å². The van der Waals surface area contributed by atoms with E-state index in [2.05, 4.69) is 10.5 Å². The van der Waals surface area contributed by atoms with Crippen LogP contribution in [0.15, 0.2) is 23.3 Å². The Morgan fingerprint density at radius 1 is 1.43 bits per heavy atom. The zero-order valence-corrected chi connectivity index (χ0v) is 11.9. The summed E-state index contributed by atoms with van der Waals surface area (Å²) in [6, 6.07) is 4.84. The molecule has 0 atom stereocenters. The number of hydrazone groups is 1. The largest absolute Gasteiger partial charge is 2.00 e. The fraction of sp³-hybridized carbons (Fsp3) is 0.200. The van der Waals surface area contributed by atoms with Gasteiger partial charge in [-0.05, 0) is 11.6 Å². The van der Waals surface area contributed by atoms with E-state index in [9.17, 15) is 9.90 Å². The molecule has 10 nitrogen and oxygen atoms in total. The zero-order chi connectivity index (χ0) is 14.8. The summed E-state index contributed by atoms with van der Waals surface area (Å²) < 4.78 is 4.85. The Bertz CT molecular complexity index is 478. The molecule has 0 aliphatic carbocycles. The number of para-hydroxylation sites is 1. The van der Waals surface area contributed by atoms with Crippen LogP contribution in [-0.4, -0.2) is 29.8 Å². The minimum absolute atomic E-state index is 0. The summed E-state index contributed by atoms with van der Waals surface area (Å²) in [4.78, 5) is 18.8. The molecular weight excluding hydrogens is 338 g/mol. The van der Waals surface area contributed by atoms with Crippen LogP contribution < -0.4 is 15.3 Å². The van der Waals surface area contributed by atoms with Gasteiger partial charge in [-0.1, -0.05) is 17.9 Å². The van der Waals surface area contributed by atoms with Crippen LogP contribution in [0.3, 0.4) is 0 Å². The SMILES string of the molecule is COc1cccc(/C=N/NC(C)=O)c1[O-].O.O=[N+]([O-])[O-].[Cu+2]. The third kappa shape index (κ3) is 11.2. The van der Waals surface area contributed by atoms with Gasteiger partial charge in [-0.2, -0.15) is 5.10 Å². The fourth-order valence-electron chi connectivity index (χ4n) is 0.988. The molecule has 1 aromatic carbocycles. The summed E-state index contributed by atoms with van der Waals surface area (Å²) in [5.41, 5.74) is 2.57. The first-order valence-corrected chi connectivity index (χ1v) is 4.83. The van der Waals surface area contributed by atoms with Gasteiger partial charge >= 0.3 is 17.1 Å². The number of nitrogens with one attached hydrogen (secondary N) is 1. The quantitative estimate of drug-likeness (QED) is 0.322. The first-order chi connectivity index (χ1) is 8.88. The molecule has 1 amide bonds. The number of amides is 1. The molecule has 0 aliphatic rings. The van der Waals surface area contributed by atoms with Crippen LogP contribution in [0.4, 0.5) is 0 Å². The molecule has 0 saturated carbocycles. The summed E-state index contributed by atoms with van der Waals surface area (Å²) in [6.45, 7) is 1.33. The van der Waals surface area contributed by atoms with Gasteiger partial charge in [0.15, 0.2) is 0 Å². The smallest absolute Gasteiger partial charge is 0.870 e. The predicted octanol–water partition coefficient (Wildman–Crippen LogP) is -0.827. The average Bonchev–Trinajstić information content (AvgIpc) is 2.30. The monoisotopic (exact) mass is 350 g/mol. The first-order valence-electron chi connectivity index (χ1n) is 4.83. The van der Waals surface area contributed by atoms with Gasteiger partial charge in [0.2, 0.25) is 5.91 Å². The van der Waals surface area contributed by atoms with E-state index in [4.69, 9.17) is 20.1 Å². The standard InChI is InChI=1S/C10H12N2O3.Cu.NO3.H2O/c1-7(13)12-11-6-8-4-3-5-9(15-2)10(8)14;;2-1(3)4;/h3-6,14H,1-2H3,(H,12,13);;;1H2/q;+2;-1;/p-1/b11-6+;;;. The van der Waals surface area contributed by atoms with Crippen molar-refractivity contribution >= 4 is 12.1 Å². The molecule has 3 N–H and O–H groups in total. The summed E-state index contributed by atoms with van der Waals surface area (Å²) in [7, 11) is 1.42. The Morgan fingerprint density at radius 3 is 2.38 bits per heavy atom. The number of benzene rings is 1. The van der Waals surface area contributed by atoms with Crippen LogP contribution in [0.5, 0.6) is 11.5 Å². The van der Waals surface area contributed by atoms with Crippen molar-refractivity contribution in [2.75, 3.05) is 7.11 Å². The van der Waals surface area contributed by atoms with Gasteiger partial charge in [0, 0.05) is 6.92 Å². The molecule has 1 radical (unpaired) electrons. The van der Waals surface area contributed by atoms with Crippen molar-refractivity contribution in [2.24, 2.45) is 5.10 Å². The van der Waals surface area contributed by atoms with E-state index >= 15 is 0 Å². The zero-order valence-electron chi connectivity index (χ0n) is 11.0. The topological polar surface area (TPSA) is 171 Å². The number of ether oxygens (including phenoxy) is 1. The normalized spacial score (nSPS) is 8.48. The van der Waals surface area contributed by atoms with Crippen LogP contribution in [0.2, 0.25) is 0 Å². The molecule has 0 saturated heterocycles. The van der Waals surface area contributed by atoms with E-state index < -0.39 is 5.09 Å². The number of hydrogen-bond acceptors (Lipinski definition) is 7. The number of methoxy groups -OCH3 is 1. The van der Waals surface area contributed by atoms with Crippen molar-refractivity contribution in [3.05, 3.63) is 39.1 Å². The summed E-state index contributed by atoms with van der Waals surface area (Å²) in [5.74, 6) is -0.294. The number of nitrogens with zero attached hydrogens (tertiary/aromatic N) is 2. The molecule has 1 rings (SSSR count). The van der Waals surface area contributed by atoms with Gasteiger partial charge in [0.05, 0.1) is 18.4 Å². The molecule has 11 heteroatoms. The van der Waals surface area contributed by atoms with Crippen molar-refractivity contribution in [3.8, 4) is 11.5 Å². The molecule has 121 valence electrons. The molecule has 0 unspecified atom stereocenters. The van der Waals surface area contributed by atoms with Crippen LogP contribution in [-0.2, 0) is 21.9 Å². The van der Waals surface area contributed by atoms with Gasteiger partial charge in [0.1, 0.15) is 5.75 Å². The Morgan fingerprint density at radius 2 is 1.95 bits per heavy atom. The molecule has 0 aliphatic heterocycles. The van der Waals surface area contributed by atoms with Crippen molar-refractivity contribution in [1.29, 1.82) is 0 Å². The van der Waals surface area contributed by atoms with Gasteiger partial charge in [-0.25, -0.2) is 5.43 Å². The summed E-state index contributed by atoms with van der Waals surface area (Å²) in [6.07, 6.45) is 1.28. The number of hydrogen-bond donors (Lipinski definition) is 1. The molecule has 0 spiro atoms. The Labute approximate surface area is 130 Å². The Kier molecular flexibility index (Phi) is 14.3. The predicted molar refractivity (Wildman–Crippen MR) is 67.8 cm³/mol. The van der Waals surface area contributed by atoms with Crippen molar-refractivity contribution < 1.29 is 42.3 Å². The van der Waals surface area contributed by atoms with Crippen molar-refractivity contribution in [3.63, 3.8) is 0 Å². The van der Waals surface area contributed by atoms with Gasteiger partial charge < -0.3 is 30.6 Å². The summed E-state index contributed by atoms with van der Waals surface area (Å²) in [5, 5.41) is 29.9. The second-order valence-electron chi connectivity index (χ2n) is 3.03. The maximum atomic E-state index is 11.5. The van der Waals surface area contributed by atoms with Crippen molar-refractivity contribution in [1.82, 2.24) is 5.43 Å². The third-order valence-electron chi connectivity index (χ3n) is 1.65.